The van der Waals surface area contributed by atoms with Crippen molar-refractivity contribution in [2.45, 2.75) is 19.3 Å². The predicted octanol–water partition coefficient (Wildman–Crippen LogP) is 0.967. The van der Waals surface area contributed by atoms with Crippen molar-refractivity contribution in [3.63, 3.8) is 0 Å². The van der Waals surface area contributed by atoms with Crippen LogP contribution in [0.3, 0.4) is 0 Å². The summed E-state index contributed by atoms with van der Waals surface area (Å²) in [5.41, 5.74) is 12.9. The lowest BCUT2D eigenvalue weighted by Crippen LogP contribution is -2.23. The second-order valence-electron chi connectivity index (χ2n) is 4.35. The summed E-state index contributed by atoms with van der Waals surface area (Å²) in [7, 11) is 1.90. The minimum atomic E-state index is -0.452. The van der Waals surface area contributed by atoms with Crippen molar-refractivity contribution < 1.29 is 9.90 Å². The van der Waals surface area contributed by atoms with Crippen molar-refractivity contribution in [3.8, 4) is 0 Å². The molecule has 1 amide bonds. The van der Waals surface area contributed by atoms with Crippen LogP contribution in [0.4, 0.5) is 11.4 Å². The number of nitrogens with zero attached hydrogens (tertiary/aromatic N) is 1. The molecule has 100 valence electrons. The normalized spacial score (nSPS) is 10.3. The van der Waals surface area contributed by atoms with E-state index in [0.29, 0.717) is 11.3 Å². The van der Waals surface area contributed by atoms with Crippen molar-refractivity contribution in [2.24, 2.45) is 5.73 Å². The molecule has 0 aromatic heterocycles. The number of nitrogens with two attached hydrogens (primary N) is 2. The number of unbranched alkanes of at least 4 members (excludes halogenated alkanes) is 2. The highest BCUT2D eigenvalue weighted by atomic mass is 16.2. The van der Waals surface area contributed by atoms with Gasteiger partial charge in [0.25, 0.3) is 5.91 Å². The number of aliphatic hydroxyl groups is 1. The van der Waals surface area contributed by atoms with Gasteiger partial charge in [0.05, 0.1) is 11.3 Å². The van der Waals surface area contributed by atoms with Crippen molar-refractivity contribution in [3.05, 3.63) is 23.8 Å². The number of nitrogen functional groups attached to an aromatic ring is 1. The second kappa shape index (κ2) is 6.86. The lowest BCUT2D eigenvalue weighted by molar-refractivity contribution is 0.100. The van der Waals surface area contributed by atoms with E-state index < -0.39 is 5.91 Å². The van der Waals surface area contributed by atoms with Crippen LogP contribution in [0.5, 0.6) is 0 Å². The summed E-state index contributed by atoms with van der Waals surface area (Å²) >= 11 is 0. The topological polar surface area (TPSA) is 92.6 Å². The van der Waals surface area contributed by atoms with E-state index in [2.05, 4.69) is 0 Å². The molecule has 0 spiro atoms. The molecular weight excluding hydrogens is 230 g/mol. The molecule has 1 aromatic carbocycles. The summed E-state index contributed by atoms with van der Waals surface area (Å²) in [6.45, 7) is 1.01. The van der Waals surface area contributed by atoms with Gasteiger partial charge in [-0.1, -0.05) is 0 Å². The molecule has 0 atom stereocenters. The van der Waals surface area contributed by atoms with Crippen molar-refractivity contribution in [1.29, 1.82) is 0 Å². The minimum absolute atomic E-state index is 0.217. The first-order valence-electron chi connectivity index (χ1n) is 6.07. The van der Waals surface area contributed by atoms with Crippen molar-refractivity contribution in [2.75, 3.05) is 30.8 Å². The largest absolute Gasteiger partial charge is 0.399 e. The third-order valence-corrected chi connectivity index (χ3v) is 2.85. The number of hydrogen-bond acceptors (Lipinski definition) is 4. The number of primary amides is 1. The molecule has 1 aromatic rings. The Bertz CT molecular complexity index is 407. The van der Waals surface area contributed by atoms with E-state index >= 15 is 0 Å². The molecule has 5 N–H and O–H groups in total. The molecule has 0 bridgehead atoms. The van der Waals surface area contributed by atoms with Crippen LogP contribution in [0, 0.1) is 0 Å². The molecule has 18 heavy (non-hydrogen) atoms. The summed E-state index contributed by atoms with van der Waals surface area (Å²) in [5.74, 6) is -0.452. The van der Waals surface area contributed by atoms with Gasteiger partial charge in [-0.3, -0.25) is 4.79 Å². The van der Waals surface area contributed by atoms with E-state index in [0.717, 1.165) is 31.5 Å². The van der Waals surface area contributed by atoms with Gasteiger partial charge < -0.3 is 21.5 Å². The number of rotatable bonds is 7. The van der Waals surface area contributed by atoms with Gasteiger partial charge in [0.1, 0.15) is 0 Å². The van der Waals surface area contributed by atoms with Gasteiger partial charge in [0.15, 0.2) is 0 Å². The van der Waals surface area contributed by atoms with E-state index in [4.69, 9.17) is 16.6 Å². The van der Waals surface area contributed by atoms with Gasteiger partial charge in [-0.05, 0) is 37.5 Å². The summed E-state index contributed by atoms with van der Waals surface area (Å²) in [5, 5.41) is 8.71. The van der Waals surface area contributed by atoms with E-state index in [9.17, 15) is 4.79 Å². The van der Waals surface area contributed by atoms with E-state index in [-0.39, 0.29) is 6.61 Å². The van der Waals surface area contributed by atoms with Gasteiger partial charge in [0, 0.05) is 25.9 Å². The fourth-order valence-corrected chi connectivity index (χ4v) is 1.83. The summed E-state index contributed by atoms with van der Waals surface area (Å²) in [4.78, 5) is 13.3. The molecule has 0 aliphatic rings. The van der Waals surface area contributed by atoms with Crippen molar-refractivity contribution >= 4 is 17.3 Å². The molecular formula is C13H21N3O2. The SMILES string of the molecule is CN(CCCCCO)c1cc(N)ccc1C(N)=O. The zero-order valence-corrected chi connectivity index (χ0v) is 10.7. The first-order chi connectivity index (χ1) is 8.56. The molecule has 0 saturated heterocycles. The van der Waals surface area contributed by atoms with E-state index in [1.54, 1.807) is 18.2 Å². The maximum absolute atomic E-state index is 11.3. The van der Waals surface area contributed by atoms with Gasteiger partial charge >= 0.3 is 0 Å². The molecule has 0 aliphatic carbocycles. The highest BCUT2D eigenvalue weighted by molar-refractivity contribution is 5.99. The quantitative estimate of drug-likeness (QED) is 0.497. The van der Waals surface area contributed by atoms with Crippen molar-refractivity contribution in [1.82, 2.24) is 0 Å². The number of amides is 1. The lowest BCUT2D eigenvalue weighted by Gasteiger charge is -2.22. The molecule has 0 saturated carbocycles. The maximum Gasteiger partial charge on any atom is 0.250 e. The average Bonchev–Trinajstić information content (AvgIpc) is 2.34. The smallest absolute Gasteiger partial charge is 0.250 e. The molecule has 0 unspecified atom stereocenters. The minimum Gasteiger partial charge on any atom is -0.399 e. The van der Waals surface area contributed by atoms with E-state index in [1.165, 1.54) is 0 Å². The van der Waals surface area contributed by atoms with Crippen LogP contribution in [0.15, 0.2) is 18.2 Å². The lowest BCUT2D eigenvalue weighted by atomic mass is 10.1. The summed E-state index contributed by atoms with van der Waals surface area (Å²) in [6, 6.07) is 5.08. The fourth-order valence-electron chi connectivity index (χ4n) is 1.83. The van der Waals surface area contributed by atoms with Crippen LogP contribution in [-0.2, 0) is 0 Å². The van der Waals surface area contributed by atoms with E-state index in [1.807, 2.05) is 11.9 Å². The number of hydrogen-bond donors (Lipinski definition) is 3. The Morgan fingerprint density at radius 3 is 2.67 bits per heavy atom. The van der Waals surface area contributed by atoms with Crippen LogP contribution in [0.2, 0.25) is 0 Å². The molecule has 5 heteroatoms. The standard InChI is InChI=1S/C13H21N3O2/c1-16(7-3-2-4-8-17)12-9-10(14)5-6-11(12)13(15)18/h5-6,9,17H,2-4,7-8,14H2,1H3,(H2,15,18). The van der Waals surface area contributed by atoms with Gasteiger partial charge in [-0.2, -0.15) is 0 Å². The number of carbonyl (C=O) groups excluding carboxylic acids is 1. The van der Waals surface area contributed by atoms with Crippen LogP contribution < -0.4 is 16.4 Å². The Hall–Kier alpha value is -1.75. The number of anilines is 2. The highest BCUT2D eigenvalue weighted by Crippen LogP contribution is 2.22. The van der Waals surface area contributed by atoms with Gasteiger partial charge in [-0.25, -0.2) is 0 Å². The Labute approximate surface area is 107 Å². The average molecular weight is 251 g/mol. The third kappa shape index (κ3) is 3.92. The van der Waals surface area contributed by atoms with Crippen LogP contribution in [0.1, 0.15) is 29.6 Å². The Kier molecular flexibility index (Phi) is 5.45. The predicted molar refractivity (Wildman–Crippen MR) is 73.6 cm³/mol. The number of benzene rings is 1. The van der Waals surface area contributed by atoms with Crippen LogP contribution in [0.25, 0.3) is 0 Å². The first-order valence-corrected chi connectivity index (χ1v) is 6.07. The first kappa shape index (κ1) is 14.3. The van der Waals surface area contributed by atoms with Gasteiger partial charge in [-0.15, -0.1) is 0 Å². The zero-order chi connectivity index (χ0) is 13.5. The Morgan fingerprint density at radius 2 is 2.06 bits per heavy atom. The monoisotopic (exact) mass is 251 g/mol. The molecule has 0 aliphatic heterocycles. The molecule has 0 heterocycles. The summed E-state index contributed by atoms with van der Waals surface area (Å²) < 4.78 is 0. The summed E-state index contributed by atoms with van der Waals surface area (Å²) in [6.07, 6.45) is 2.70. The highest BCUT2D eigenvalue weighted by Gasteiger charge is 2.11. The molecule has 1 rings (SSSR count). The maximum atomic E-state index is 11.3. The molecule has 0 fully saturated rings. The fraction of sp³-hybridized carbons (Fsp3) is 0.462. The van der Waals surface area contributed by atoms with Crippen LogP contribution >= 0.6 is 0 Å². The third-order valence-electron chi connectivity index (χ3n) is 2.85. The zero-order valence-electron chi connectivity index (χ0n) is 10.7. The number of aliphatic hydroxyl groups excluding tert-OH is 1. The molecule has 5 nitrogen and oxygen atoms in total. The second-order valence-corrected chi connectivity index (χ2v) is 4.35. The molecule has 0 radical (unpaired) electrons. The Morgan fingerprint density at radius 1 is 1.33 bits per heavy atom. The Balaban J connectivity index is 2.74. The van der Waals surface area contributed by atoms with Crippen LogP contribution in [-0.4, -0.2) is 31.2 Å². The van der Waals surface area contributed by atoms with Gasteiger partial charge in [0.2, 0.25) is 0 Å². The number of carbonyl (C=O) groups is 1.